The minimum Gasteiger partial charge on any atom is -0.497 e. The molecule has 9 heteroatoms. The molecule has 0 unspecified atom stereocenters. The standard InChI is InChI=1S/C26H30FN5O3/c1-5-6-14-31(16-18-10-12-20(27)13-11-18)25-28-23-22(29(25)2)24(33)32(26(34)30(23)3)17-19-8-7-9-21(15-19)35-4/h7-13,15H,5-6,14,16-17H2,1-4H3. The van der Waals surface area contributed by atoms with Crippen molar-refractivity contribution in [2.45, 2.75) is 32.9 Å². The van der Waals surface area contributed by atoms with Crippen molar-refractivity contribution in [3.05, 3.63) is 86.3 Å². The van der Waals surface area contributed by atoms with Gasteiger partial charge in [0.2, 0.25) is 5.95 Å². The highest BCUT2D eigenvalue weighted by atomic mass is 19.1. The molecule has 35 heavy (non-hydrogen) atoms. The number of aromatic nitrogens is 4. The number of ether oxygens (including phenoxy) is 1. The predicted octanol–water partition coefficient (Wildman–Crippen LogP) is 3.44. The molecular formula is C26H30FN5O3. The van der Waals surface area contributed by atoms with Crippen LogP contribution in [-0.2, 0) is 27.2 Å². The lowest BCUT2D eigenvalue weighted by Crippen LogP contribution is -2.39. The fraction of sp³-hybridized carbons (Fsp3) is 0.346. The van der Waals surface area contributed by atoms with Crippen LogP contribution in [-0.4, -0.2) is 32.3 Å². The van der Waals surface area contributed by atoms with Gasteiger partial charge in [0, 0.05) is 27.2 Å². The topological polar surface area (TPSA) is 74.3 Å². The second-order valence-corrected chi connectivity index (χ2v) is 8.63. The van der Waals surface area contributed by atoms with E-state index in [0.717, 1.165) is 24.0 Å². The Hall–Kier alpha value is -3.88. The van der Waals surface area contributed by atoms with Crippen LogP contribution in [0.2, 0.25) is 0 Å². The van der Waals surface area contributed by atoms with E-state index in [1.54, 1.807) is 44.0 Å². The largest absolute Gasteiger partial charge is 0.497 e. The average molecular weight is 480 g/mol. The van der Waals surface area contributed by atoms with Crippen LogP contribution < -0.4 is 20.9 Å². The summed E-state index contributed by atoms with van der Waals surface area (Å²) in [5.74, 6) is 0.954. The van der Waals surface area contributed by atoms with Crippen molar-refractivity contribution in [2.75, 3.05) is 18.6 Å². The molecule has 0 saturated heterocycles. The summed E-state index contributed by atoms with van der Waals surface area (Å²) < 4.78 is 23.1. The van der Waals surface area contributed by atoms with Gasteiger partial charge in [0.1, 0.15) is 11.6 Å². The zero-order valence-electron chi connectivity index (χ0n) is 20.5. The molecule has 0 amide bonds. The number of hydrogen-bond donors (Lipinski definition) is 0. The normalized spacial score (nSPS) is 11.2. The Morgan fingerprint density at radius 1 is 1.03 bits per heavy atom. The van der Waals surface area contributed by atoms with Crippen molar-refractivity contribution in [1.29, 1.82) is 0 Å². The Labute approximate surface area is 202 Å². The minimum atomic E-state index is -0.436. The molecule has 2 aromatic carbocycles. The number of hydrogen-bond acceptors (Lipinski definition) is 5. The van der Waals surface area contributed by atoms with Crippen LogP contribution in [0.25, 0.3) is 11.2 Å². The molecular weight excluding hydrogens is 449 g/mol. The molecule has 2 heterocycles. The summed E-state index contributed by atoms with van der Waals surface area (Å²) in [6.45, 7) is 3.43. The quantitative estimate of drug-likeness (QED) is 0.368. The SMILES string of the molecule is CCCCN(Cc1ccc(F)cc1)c1nc2c(c(=O)n(Cc3cccc(OC)c3)c(=O)n2C)n1C. The number of fused-ring (bicyclic) bond motifs is 1. The number of anilines is 1. The van der Waals surface area contributed by atoms with E-state index in [9.17, 15) is 14.0 Å². The third kappa shape index (κ3) is 4.84. The van der Waals surface area contributed by atoms with Gasteiger partial charge in [-0.3, -0.25) is 13.9 Å². The maximum atomic E-state index is 13.5. The Balaban J connectivity index is 1.80. The molecule has 184 valence electrons. The van der Waals surface area contributed by atoms with Gasteiger partial charge in [-0.05, 0) is 41.8 Å². The van der Waals surface area contributed by atoms with Crippen LogP contribution in [0.3, 0.4) is 0 Å². The highest BCUT2D eigenvalue weighted by Crippen LogP contribution is 2.21. The zero-order valence-corrected chi connectivity index (χ0v) is 20.5. The Bertz CT molecular complexity index is 1450. The molecule has 0 radical (unpaired) electrons. The number of methoxy groups -OCH3 is 1. The number of benzene rings is 2. The molecule has 0 aliphatic rings. The molecule has 0 aliphatic heterocycles. The van der Waals surface area contributed by atoms with E-state index < -0.39 is 11.2 Å². The average Bonchev–Trinajstić information content (AvgIpc) is 3.21. The van der Waals surface area contributed by atoms with Gasteiger partial charge in [-0.1, -0.05) is 37.6 Å². The van der Waals surface area contributed by atoms with Crippen molar-refractivity contribution in [3.8, 4) is 5.75 Å². The lowest BCUT2D eigenvalue weighted by molar-refractivity contribution is 0.414. The Morgan fingerprint density at radius 2 is 1.77 bits per heavy atom. The Morgan fingerprint density at radius 3 is 2.46 bits per heavy atom. The van der Waals surface area contributed by atoms with Gasteiger partial charge in [0.15, 0.2) is 11.2 Å². The van der Waals surface area contributed by atoms with Crippen molar-refractivity contribution in [3.63, 3.8) is 0 Å². The van der Waals surface area contributed by atoms with E-state index in [0.29, 0.717) is 36.0 Å². The van der Waals surface area contributed by atoms with Crippen molar-refractivity contribution in [2.24, 2.45) is 14.1 Å². The van der Waals surface area contributed by atoms with Crippen molar-refractivity contribution in [1.82, 2.24) is 18.7 Å². The van der Waals surface area contributed by atoms with E-state index in [-0.39, 0.29) is 12.4 Å². The lowest BCUT2D eigenvalue weighted by Gasteiger charge is -2.23. The molecule has 8 nitrogen and oxygen atoms in total. The van der Waals surface area contributed by atoms with E-state index >= 15 is 0 Å². The first-order chi connectivity index (χ1) is 16.8. The molecule has 0 aliphatic carbocycles. The highest BCUT2D eigenvalue weighted by molar-refractivity contribution is 5.74. The number of halogens is 1. The predicted molar refractivity (Wildman–Crippen MR) is 135 cm³/mol. The highest BCUT2D eigenvalue weighted by Gasteiger charge is 2.22. The van der Waals surface area contributed by atoms with Crippen molar-refractivity contribution >= 4 is 17.1 Å². The summed E-state index contributed by atoms with van der Waals surface area (Å²) in [6.07, 6.45) is 1.90. The van der Waals surface area contributed by atoms with Crippen LogP contribution in [0, 0.1) is 5.82 Å². The van der Waals surface area contributed by atoms with Crippen LogP contribution >= 0.6 is 0 Å². The number of nitrogens with zero attached hydrogens (tertiary/aromatic N) is 5. The smallest absolute Gasteiger partial charge is 0.332 e. The van der Waals surface area contributed by atoms with Gasteiger partial charge >= 0.3 is 5.69 Å². The third-order valence-corrected chi connectivity index (χ3v) is 6.16. The van der Waals surface area contributed by atoms with E-state index in [2.05, 4.69) is 11.8 Å². The summed E-state index contributed by atoms with van der Waals surface area (Å²) in [6, 6.07) is 13.6. The second-order valence-electron chi connectivity index (χ2n) is 8.63. The number of unbranched alkanes of at least 4 members (excludes halogenated alkanes) is 1. The van der Waals surface area contributed by atoms with Gasteiger partial charge in [0.05, 0.1) is 13.7 Å². The van der Waals surface area contributed by atoms with Gasteiger partial charge in [-0.15, -0.1) is 0 Å². The molecule has 0 saturated carbocycles. The molecule has 0 spiro atoms. The summed E-state index contributed by atoms with van der Waals surface area (Å²) >= 11 is 0. The summed E-state index contributed by atoms with van der Waals surface area (Å²) in [5.41, 5.74) is 1.56. The fourth-order valence-corrected chi connectivity index (χ4v) is 4.22. The summed E-state index contributed by atoms with van der Waals surface area (Å²) in [4.78, 5) is 33.5. The minimum absolute atomic E-state index is 0.119. The van der Waals surface area contributed by atoms with Crippen LogP contribution in [0.1, 0.15) is 30.9 Å². The van der Waals surface area contributed by atoms with Crippen LogP contribution in [0.5, 0.6) is 5.75 Å². The number of aryl methyl sites for hydroxylation is 2. The maximum absolute atomic E-state index is 13.5. The number of imidazole rings is 1. The lowest BCUT2D eigenvalue weighted by atomic mass is 10.2. The first-order valence-corrected chi connectivity index (χ1v) is 11.6. The molecule has 0 N–H and O–H groups in total. The van der Waals surface area contributed by atoms with Gasteiger partial charge < -0.3 is 14.2 Å². The van der Waals surface area contributed by atoms with E-state index in [1.807, 2.05) is 18.2 Å². The summed E-state index contributed by atoms with van der Waals surface area (Å²) in [5, 5.41) is 0. The van der Waals surface area contributed by atoms with Crippen LogP contribution in [0.15, 0.2) is 58.1 Å². The maximum Gasteiger partial charge on any atom is 0.332 e. The van der Waals surface area contributed by atoms with E-state index in [4.69, 9.17) is 9.72 Å². The second kappa shape index (κ2) is 10.2. The number of rotatable bonds is 9. The third-order valence-electron chi connectivity index (χ3n) is 6.16. The van der Waals surface area contributed by atoms with Crippen molar-refractivity contribution < 1.29 is 9.13 Å². The molecule has 4 rings (SSSR count). The van der Waals surface area contributed by atoms with Gasteiger partial charge in [-0.25, -0.2) is 9.18 Å². The molecule has 0 bridgehead atoms. The molecule has 4 aromatic rings. The molecule has 0 fully saturated rings. The first-order valence-electron chi connectivity index (χ1n) is 11.6. The fourth-order valence-electron chi connectivity index (χ4n) is 4.22. The molecule has 0 atom stereocenters. The first kappa shape index (κ1) is 24.3. The monoisotopic (exact) mass is 479 g/mol. The van der Waals surface area contributed by atoms with E-state index in [1.165, 1.54) is 21.3 Å². The van der Waals surface area contributed by atoms with Crippen LogP contribution in [0.4, 0.5) is 10.3 Å². The zero-order chi connectivity index (χ0) is 25.1. The van der Waals surface area contributed by atoms with Gasteiger partial charge in [-0.2, -0.15) is 4.98 Å². The molecule has 2 aromatic heterocycles. The van der Waals surface area contributed by atoms with Gasteiger partial charge in [0.25, 0.3) is 5.56 Å². The summed E-state index contributed by atoms with van der Waals surface area (Å²) in [7, 11) is 4.99. The Kier molecular flexibility index (Phi) is 7.04.